The van der Waals surface area contributed by atoms with Crippen LogP contribution in [0.4, 0.5) is 4.79 Å². The first kappa shape index (κ1) is 18.7. The van der Waals surface area contributed by atoms with Crippen LogP contribution in [0.1, 0.15) is 25.5 Å². The maximum atomic E-state index is 12.4. The lowest BCUT2D eigenvalue weighted by Gasteiger charge is -2.34. The third kappa shape index (κ3) is 5.49. The molecule has 0 aliphatic carbocycles. The Labute approximate surface area is 151 Å². The lowest BCUT2D eigenvalue weighted by atomic mass is 10.1. The highest BCUT2D eigenvalue weighted by Gasteiger charge is 2.23. The van der Waals surface area contributed by atoms with E-state index in [1.807, 2.05) is 43.0 Å². The average molecular weight is 397 g/mol. The van der Waals surface area contributed by atoms with Crippen molar-refractivity contribution in [3.63, 3.8) is 0 Å². The van der Waals surface area contributed by atoms with Crippen LogP contribution in [0.3, 0.4) is 0 Å². The molecule has 24 heavy (non-hydrogen) atoms. The maximum absolute atomic E-state index is 12.4. The van der Waals surface area contributed by atoms with Gasteiger partial charge < -0.3 is 15.5 Å². The van der Waals surface area contributed by atoms with Crippen molar-refractivity contribution in [2.24, 2.45) is 0 Å². The molecule has 1 aliphatic rings. The first-order chi connectivity index (χ1) is 11.5. The van der Waals surface area contributed by atoms with Gasteiger partial charge in [0.05, 0.1) is 12.6 Å². The molecule has 132 valence electrons. The number of nitrogens with zero attached hydrogens (tertiary/aromatic N) is 2. The van der Waals surface area contributed by atoms with Gasteiger partial charge in [0.1, 0.15) is 0 Å². The Bertz CT molecular complexity index is 556. The Balaban J connectivity index is 1.78. The zero-order valence-corrected chi connectivity index (χ0v) is 15.8. The number of hydrogen-bond donors (Lipinski definition) is 2. The van der Waals surface area contributed by atoms with Gasteiger partial charge >= 0.3 is 6.03 Å². The molecule has 0 saturated carbocycles. The highest BCUT2D eigenvalue weighted by Crippen LogP contribution is 2.17. The molecular weight excluding hydrogens is 372 g/mol. The minimum atomic E-state index is -0.0527. The summed E-state index contributed by atoms with van der Waals surface area (Å²) in [5.41, 5.74) is 1.07. The van der Waals surface area contributed by atoms with Gasteiger partial charge in [-0.15, -0.1) is 0 Å². The van der Waals surface area contributed by atoms with Crippen molar-refractivity contribution in [3.05, 3.63) is 34.3 Å². The SMILES string of the molecule is CCNC(=O)CN1CCN(C(=O)NC(C)c2ccc(Br)cc2)CC1. The van der Waals surface area contributed by atoms with Gasteiger partial charge in [-0.1, -0.05) is 28.1 Å². The molecule has 1 aromatic carbocycles. The second-order valence-electron chi connectivity index (χ2n) is 5.94. The quantitative estimate of drug-likeness (QED) is 0.799. The van der Waals surface area contributed by atoms with Crippen molar-refractivity contribution >= 4 is 27.9 Å². The Morgan fingerprint density at radius 2 is 1.79 bits per heavy atom. The highest BCUT2D eigenvalue weighted by atomic mass is 79.9. The summed E-state index contributed by atoms with van der Waals surface area (Å²) in [4.78, 5) is 27.9. The Hall–Kier alpha value is -1.60. The Kier molecular flexibility index (Phi) is 7.05. The minimum Gasteiger partial charge on any atom is -0.355 e. The van der Waals surface area contributed by atoms with Crippen LogP contribution in [0.15, 0.2) is 28.7 Å². The number of piperazine rings is 1. The number of halogens is 1. The van der Waals surface area contributed by atoms with Crippen LogP contribution in [-0.2, 0) is 4.79 Å². The summed E-state index contributed by atoms with van der Waals surface area (Å²) in [6, 6.07) is 7.84. The van der Waals surface area contributed by atoms with E-state index in [0.29, 0.717) is 26.2 Å². The molecule has 3 amide bonds. The predicted molar refractivity (Wildman–Crippen MR) is 97.8 cm³/mol. The van der Waals surface area contributed by atoms with Crippen molar-refractivity contribution in [1.29, 1.82) is 0 Å². The first-order valence-electron chi connectivity index (χ1n) is 8.29. The monoisotopic (exact) mass is 396 g/mol. The molecule has 1 saturated heterocycles. The van der Waals surface area contributed by atoms with E-state index in [4.69, 9.17) is 0 Å². The summed E-state index contributed by atoms with van der Waals surface area (Å²) in [6.07, 6.45) is 0. The number of amides is 3. The van der Waals surface area contributed by atoms with E-state index in [0.717, 1.165) is 23.1 Å². The lowest BCUT2D eigenvalue weighted by Crippen LogP contribution is -2.53. The number of nitrogens with one attached hydrogen (secondary N) is 2. The highest BCUT2D eigenvalue weighted by molar-refractivity contribution is 9.10. The zero-order chi connectivity index (χ0) is 17.5. The van der Waals surface area contributed by atoms with Gasteiger partial charge in [-0.2, -0.15) is 0 Å². The summed E-state index contributed by atoms with van der Waals surface area (Å²) in [6.45, 7) is 7.65. The fraction of sp³-hybridized carbons (Fsp3) is 0.529. The molecule has 1 aromatic rings. The standard InChI is InChI=1S/C17H25BrN4O2/c1-3-19-16(23)12-21-8-10-22(11-9-21)17(24)20-13(2)14-4-6-15(18)7-5-14/h4-7,13H,3,8-12H2,1-2H3,(H,19,23)(H,20,24). The van der Waals surface area contributed by atoms with Crippen LogP contribution < -0.4 is 10.6 Å². The van der Waals surface area contributed by atoms with Crippen LogP contribution in [-0.4, -0.2) is 61.0 Å². The average Bonchev–Trinajstić information content (AvgIpc) is 2.56. The third-order valence-electron chi connectivity index (χ3n) is 4.11. The Morgan fingerprint density at radius 3 is 2.38 bits per heavy atom. The van der Waals surface area contributed by atoms with Crippen molar-refractivity contribution < 1.29 is 9.59 Å². The number of hydrogen-bond acceptors (Lipinski definition) is 3. The van der Waals surface area contributed by atoms with Gasteiger partial charge in [-0.25, -0.2) is 4.79 Å². The van der Waals surface area contributed by atoms with Crippen LogP contribution in [0.25, 0.3) is 0 Å². The molecule has 1 unspecified atom stereocenters. The molecule has 0 spiro atoms. The number of likely N-dealkylation sites (N-methyl/N-ethyl adjacent to an activating group) is 1. The molecule has 2 rings (SSSR count). The van der Waals surface area contributed by atoms with Crippen molar-refractivity contribution in [2.75, 3.05) is 39.3 Å². The normalized spacial score (nSPS) is 16.5. The number of carbonyl (C=O) groups is 2. The van der Waals surface area contributed by atoms with Gasteiger partial charge in [-0.3, -0.25) is 9.69 Å². The molecule has 0 radical (unpaired) electrons. The number of rotatable bonds is 5. The van der Waals surface area contributed by atoms with Crippen LogP contribution in [0.2, 0.25) is 0 Å². The molecule has 7 heteroatoms. The van der Waals surface area contributed by atoms with Gasteiger partial charge in [0.15, 0.2) is 0 Å². The minimum absolute atomic E-state index is 0.0410. The summed E-state index contributed by atoms with van der Waals surface area (Å²) < 4.78 is 1.02. The fourth-order valence-electron chi connectivity index (χ4n) is 2.68. The molecule has 2 N–H and O–H groups in total. The van der Waals surface area contributed by atoms with Crippen LogP contribution in [0.5, 0.6) is 0 Å². The number of carbonyl (C=O) groups excluding carboxylic acids is 2. The second-order valence-corrected chi connectivity index (χ2v) is 6.86. The third-order valence-corrected chi connectivity index (χ3v) is 4.64. The molecule has 0 bridgehead atoms. The fourth-order valence-corrected chi connectivity index (χ4v) is 2.94. The topological polar surface area (TPSA) is 64.7 Å². The van der Waals surface area contributed by atoms with Crippen LogP contribution >= 0.6 is 15.9 Å². The van der Waals surface area contributed by atoms with Crippen LogP contribution in [0, 0.1) is 0 Å². The van der Waals surface area contributed by atoms with Crippen molar-refractivity contribution in [2.45, 2.75) is 19.9 Å². The molecule has 1 aliphatic heterocycles. The first-order valence-corrected chi connectivity index (χ1v) is 9.09. The van der Waals surface area contributed by atoms with Gasteiger partial charge in [0.25, 0.3) is 0 Å². The van der Waals surface area contributed by atoms with Crippen molar-refractivity contribution in [3.8, 4) is 0 Å². The molecule has 6 nitrogen and oxygen atoms in total. The number of benzene rings is 1. The second kappa shape index (κ2) is 9.03. The maximum Gasteiger partial charge on any atom is 0.317 e. The molecule has 1 atom stereocenters. The lowest BCUT2D eigenvalue weighted by molar-refractivity contribution is -0.122. The van der Waals surface area contributed by atoms with E-state index in [1.165, 1.54) is 0 Å². The summed E-state index contributed by atoms with van der Waals surface area (Å²) >= 11 is 3.41. The summed E-state index contributed by atoms with van der Waals surface area (Å²) in [7, 11) is 0. The smallest absolute Gasteiger partial charge is 0.317 e. The molecule has 1 fully saturated rings. The summed E-state index contributed by atoms with van der Waals surface area (Å²) in [5.74, 6) is 0.0410. The Morgan fingerprint density at radius 1 is 1.17 bits per heavy atom. The zero-order valence-electron chi connectivity index (χ0n) is 14.2. The molecular formula is C17H25BrN4O2. The van der Waals surface area contributed by atoms with Gasteiger partial charge in [0.2, 0.25) is 5.91 Å². The van der Waals surface area contributed by atoms with E-state index in [-0.39, 0.29) is 18.0 Å². The van der Waals surface area contributed by atoms with E-state index in [2.05, 4.69) is 31.5 Å². The van der Waals surface area contributed by atoms with Gasteiger partial charge in [0, 0.05) is 37.2 Å². The van der Waals surface area contributed by atoms with E-state index < -0.39 is 0 Å². The van der Waals surface area contributed by atoms with E-state index in [1.54, 1.807) is 0 Å². The predicted octanol–water partition coefficient (Wildman–Crippen LogP) is 1.97. The largest absolute Gasteiger partial charge is 0.355 e. The summed E-state index contributed by atoms with van der Waals surface area (Å²) in [5, 5.41) is 5.83. The molecule has 1 heterocycles. The van der Waals surface area contributed by atoms with Gasteiger partial charge in [-0.05, 0) is 31.5 Å². The van der Waals surface area contributed by atoms with Crippen molar-refractivity contribution in [1.82, 2.24) is 20.4 Å². The molecule has 0 aromatic heterocycles. The van der Waals surface area contributed by atoms with E-state index >= 15 is 0 Å². The number of urea groups is 1. The van der Waals surface area contributed by atoms with E-state index in [9.17, 15) is 9.59 Å².